The molecule has 1 atom stereocenters. The van der Waals surface area contributed by atoms with Crippen LogP contribution in [0, 0.1) is 0 Å². The first kappa shape index (κ1) is 20.8. The number of anilines is 2. The number of ether oxygens (including phenoxy) is 1. The third kappa shape index (κ3) is 3.51. The van der Waals surface area contributed by atoms with Gasteiger partial charge in [0.15, 0.2) is 0 Å². The standard InChI is InChI=1S/C26H23N3O4/c1-28(2)19-4-6-20(7-5-19)29-23(16-9-12-27-13-10-16)22(25(31)26(29)32)24(30)18-3-8-21-17(15-18)11-14-33-21/h3-10,12-13,15,23,30H,11,14H2,1-2H3/b24-22-. The quantitative estimate of drug-likeness (QED) is 0.378. The molecule has 1 unspecified atom stereocenters. The lowest BCUT2D eigenvalue weighted by atomic mass is 9.95. The van der Waals surface area contributed by atoms with Gasteiger partial charge in [0.25, 0.3) is 11.7 Å². The Balaban J connectivity index is 1.66. The number of amides is 1. The molecule has 0 spiro atoms. The van der Waals surface area contributed by atoms with Gasteiger partial charge in [-0.1, -0.05) is 0 Å². The molecule has 0 aliphatic carbocycles. The van der Waals surface area contributed by atoms with Crippen LogP contribution >= 0.6 is 0 Å². The molecule has 1 aromatic heterocycles. The van der Waals surface area contributed by atoms with Crippen LogP contribution in [0.5, 0.6) is 5.75 Å². The van der Waals surface area contributed by atoms with Gasteiger partial charge in [0, 0.05) is 49.8 Å². The van der Waals surface area contributed by atoms with Crippen LogP contribution in [0.1, 0.15) is 22.7 Å². The van der Waals surface area contributed by atoms with Crippen LogP contribution in [0.25, 0.3) is 5.76 Å². The number of hydrogen-bond donors (Lipinski definition) is 1. The fourth-order valence-electron chi connectivity index (χ4n) is 4.36. The predicted octanol–water partition coefficient (Wildman–Crippen LogP) is 3.71. The van der Waals surface area contributed by atoms with Crippen LogP contribution in [0.15, 0.2) is 72.6 Å². The van der Waals surface area contributed by atoms with Gasteiger partial charge in [0.1, 0.15) is 11.5 Å². The zero-order chi connectivity index (χ0) is 23.1. The number of Topliss-reactive ketones (excluding diaryl/α,β-unsaturated/α-hetero) is 1. The molecule has 1 N–H and O–H groups in total. The lowest BCUT2D eigenvalue weighted by Crippen LogP contribution is -2.29. The van der Waals surface area contributed by atoms with Gasteiger partial charge in [-0.15, -0.1) is 0 Å². The maximum atomic E-state index is 13.2. The van der Waals surface area contributed by atoms with E-state index in [2.05, 4.69) is 4.98 Å². The van der Waals surface area contributed by atoms with Crippen molar-refractivity contribution in [2.24, 2.45) is 0 Å². The second-order valence-corrected chi connectivity index (χ2v) is 8.28. The molecule has 2 aliphatic rings. The van der Waals surface area contributed by atoms with E-state index in [1.807, 2.05) is 37.2 Å². The molecule has 0 saturated carbocycles. The third-order valence-electron chi connectivity index (χ3n) is 6.07. The van der Waals surface area contributed by atoms with E-state index in [9.17, 15) is 14.7 Å². The van der Waals surface area contributed by atoms with E-state index in [1.54, 1.807) is 48.8 Å². The topological polar surface area (TPSA) is 83.0 Å². The highest BCUT2D eigenvalue weighted by atomic mass is 16.5. The third-order valence-corrected chi connectivity index (χ3v) is 6.07. The number of ketones is 1. The van der Waals surface area contributed by atoms with E-state index >= 15 is 0 Å². The number of nitrogens with zero attached hydrogens (tertiary/aromatic N) is 3. The van der Waals surface area contributed by atoms with Gasteiger partial charge in [-0.3, -0.25) is 19.5 Å². The van der Waals surface area contributed by atoms with E-state index in [0.717, 1.165) is 23.4 Å². The van der Waals surface area contributed by atoms with Crippen molar-refractivity contribution in [1.82, 2.24) is 4.98 Å². The van der Waals surface area contributed by atoms with Crippen molar-refractivity contribution in [3.63, 3.8) is 0 Å². The minimum atomic E-state index is -0.775. The van der Waals surface area contributed by atoms with Crippen LogP contribution < -0.4 is 14.5 Å². The van der Waals surface area contributed by atoms with E-state index in [0.29, 0.717) is 23.4 Å². The monoisotopic (exact) mass is 441 g/mol. The number of aromatic nitrogens is 1. The second-order valence-electron chi connectivity index (χ2n) is 8.28. The Hall–Kier alpha value is -4.13. The Kier molecular flexibility index (Phi) is 5.09. The highest BCUT2D eigenvalue weighted by Gasteiger charge is 2.47. The Morgan fingerprint density at radius 1 is 1.06 bits per heavy atom. The van der Waals surface area contributed by atoms with Gasteiger partial charge in [0.05, 0.1) is 18.2 Å². The first-order valence-corrected chi connectivity index (χ1v) is 10.7. The normalized spacial score (nSPS) is 18.8. The average molecular weight is 441 g/mol. The van der Waals surface area contributed by atoms with Gasteiger partial charge < -0.3 is 14.7 Å². The van der Waals surface area contributed by atoms with Crippen molar-refractivity contribution in [2.45, 2.75) is 12.5 Å². The summed E-state index contributed by atoms with van der Waals surface area (Å²) in [6, 6.07) is 15.4. The van der Waals surface area contributed by atoms with Gasteiger partial charge in [-0.25, -0.2) is 0 Å². The number of rotatable bonds is 4. The summed E-state index contributed by atoms with van der Waals surface area (Å²) in [5, 5.41) is 11.3. The molecule has 0 bridgehead atoms. The van der Waals surface area contributed by atoms with Gasteiger partial charge in [-0.2, -0.15) is 0 Å². The molecular formula is C26H23N3O4. The van der Waals surface area contributed by atoms with Crippen molar-refractivity contribution in [3.05, 3.63) is 89.3 Å². The number of pyridine rings is 1. The molecule has 7 nitrogen and oxygen atoms in total. The molecular weight excluding hydrogens is 418 g/mol. The Morgan fingerprint density at radius 3 is 2.48 bits per heavy atom. The summed E-state index contributed by atoms with van der Waals surface area (Å²) >= 11 is 0. The molecule has 166 valence electrons. The first-order chi connectivity index (χ1) is 16.0. The van der Waals surface area contributed by atoms with E-state index < -0.39 is 17.7 Å². The second kappa shape index (κ2) is 8.09. The van der Waals surface area contributed by atoms with Crippen molar-refractivity contribution in [2.75, 3.05) is 30.5 Å². The summed E-state index contributed by atoms with van der Waals surface area (Å²) in [6.07, 6.45) is 3.95. The Bertz CT molecular complexity index is 1270. The average Bonchev–Trinajstić information content (AvgIpc) is 3.41. The van der Waals surface area contributed by atoms with E-state index in [1.165, 1.54) is 4.90 Å². The highest BCUT2D eigenvalue weighted by molar-refractivity contribution is 6.51. The summed E-state index contributed by atoms with van der Waals surface area (Å²) in [6.45, 7) is 0.587. The lowest BCUT2D eigenvalue weighted by molar-refractivity contribution is -0.132. The molecule has 1 fully saturated rings. The largest absolute Gasteiger partial charge is 0.507 e. The fraction of sp³-hybridized carbons (Fsp3) is 0.192. The van der Waals surface area contributed by atoms with Crippen LogP contribution in [0.4, 0.5) is 11.4 Å². The zero-order valence-corrected chi connectivity index (χ0v) is 18.4. The highest BCUT2D eigenvalue weighted by Crippen LogP contribution is 2.42. The molecule has 1 saturated heterocycles. The summed E-state index contributed by atoms with van der Waals surface area (Å²) < 4.78 is 5.55. The molecule has 1 amide bonds. The first-order valence-electron chi connectivity index (χ1n) is 10.7. The molecule has 3 aromatic rings. The summed E-state index contributed by atoms with van der Waals surface area (Å²) in [7, 11) is 3.86. The smallest absolute Gasteiger partial charge is 0.300 e. The van der Waals surface area contributed by atoms with E-state index in [4.69, 9.17) is 4.74 Å². The zero-order valence-electron chi connectivity index (χ0n) is 18.4. The minimum Gasteiger partial charge on any atom is -0.507 e. The molecule has 33 heavy (non-hydrogen) atoms. The van der Waals surface area contributed by atoms with Crippen LogP contribution in [0.3, 0.4) is 0 Å². The van der Waals surface area contributed by atoms with Crippen molar-refractivity contribution in [3.8, 4) is 5.75 Å². The maximum absolute atomic E-state index is 13.2. The number of hydrogen-bond acceptors (Lipinski definition) is 6. The molecule has 7 heteroatoms. The van der Waals surface area contributed by atoms with Crippen molar-refractivity contribution >= 4 is 28.8 Å². The predicted molar refractivity (Wildman–Crippen MR) is 125 cm³/mol. The van der Waals surface area contributed by atoms with Gasteiger partial charge in [0.2, 0.25) is 0 Å². The Morgan fingerprint density at radius 2 is 1.79 bits per heavy atom. The maximum Gasteiger partial charge on any atom is 0.300 e. The van der Waals surface area contributed by atoms with Crippen molar-refractivity contribution < 1.29 is 19.4 Å². The molecule has 2 aromatic carbocycles. The van der Waals surface area contributed by atoms with Crippen LogP contribution in [-0.4, -0.2) is 42.5 Å². The summed E-state index contributed by atoms with van der Waals surface area (Å²) in [4.78, 5) is 33.9. The molecule has 0 radical (unpaired) electrons. The van der Waals surface area contributed by atoms with E-state index in [-0.39, 0.29) is 11.3 Å². The number of fused-ring (bicyclic) bond motifs is 1. The Labute approximate surface area is 191 Å². The lowest BCUT2D eigenvalue weighted by Gasteiger charge is -2.26. The molecule has 3 heterocycles. The van der Waals surface area contributed by atoms with Crippen molar-refractivity contribution in [1.29, 1.82) is 0 Å². The van der Waals surface area contributed by atoms with Crippen LogP contribution in [-0.2, 0) is 16.0 Å². The number of aliphatic hydroxyl groups is 1. The summed E-state index contributed by atoms with van der Waals surface area (Å²) in [5.41, 5.74) is 3.74. The summed E-state index contributed by atoms with van der Waals surface area (Å²) in [5.74, 6) is -0.820. The van der Waals surface area contributed by atoms with Gasteiger partial charge in [-0.05, 0) is 65.7 Å². The number of aliphatic hydroxyl groups excluding tert-OH is 1. The minimum absolute atomic E-state index is 0.0572. The van der Waals surface area contributed by atoms with Crippen LogP contribution in [0.2, 0.25) is 0 Å². The van der Waals surface area contributed by atoms with Gasteiger partial charge >= 0.3 is 0 Å². The SMILES string of the molecule is CN(C)c1ccc(N2C(=O)C(=O)/C(=C(\O)c3ccc4c(c3)CCO4)C2c2ccncc2)cc1. The fourth-order valence-corrected chi connectivity index (χ4v) is 4.36. The molecule has 5 rings (SSSR count). The number of carbonyl (C=O) groups is 2. The molecule has 2 aliphatic heterocycles. The number of carbonyl (C=O) groups excluding carboxylic acids is 2. The number of benzene rings is 2.